The quantitative estimate of drug-likeness (QED) is 0.832. The lowest BCUT2D eigenvalue weighted by atomic mass is 9.98. The monoisotopic (exact) mass is 339 g/mol. The van der Waals surface area contributed by atoms with Gasteiger partial charge >= 0.3 is 0 Å². The molecule has 0 bridgehead atoms. The topological polar surface area (TPSA) is 67.6 Å². The first kappa shape index (κ1) is 17.1. The van der Waals surface area contributed by atoms with Crippen molar-refractivity contribution in [2.45, 2.75) is 19.8 Å². The van der Waals surface area contributed by atoms with E-state index in [9.17, 15) is 4.79 Å². The molecule has 0 unspecified atom stereocenters. The first-order valence-corrected chi connectivity index (χ1v) is 8.66. The molecule has 3 rings (SSSR count). The van der Waals surface area contributed by atoms with Crippen LogP contribution in [0.25, 0.3) is 0 Å². The molecule has 132 valence electrons. The molecule has 5 heteroatoms. The number of carbonyl (C=O) groups is 1. The van der Waals surface area contributed by atoms with Crippen molar-refractivity contribution in [2.75, 3.05) is 36.1 Å². The Kier molecular flexibility index (Phi) is 5.12. The summed E-state index contributed by atoms with van der Waals surface area (Å²) in [5.74, 6) is 1.25. The van der Waals surface area contributed by atoms with Gasteiger partial charge in [0.2, 0.25) is 0 Å². The van der Waals surface area contributed by atoms with Crippen molar-refractivity contribution < 1.29 is 9.53 Å². The zero-order valence-corrected chi connectivity index (χ0v) is 14.8. The van der Waals surface area contributed by atoms with Gasteiger partial charge in [-0.15, -0.1) is 0 Å². The molecule has 0 radical (unpaired) electrons. The lowest BCUT2D eigenvalue weighted by Gasteiger charge is -2.33. The molecule has 3 N–H and O–H groups in total. The summed E-state index contributed by atoms with van der Waals surface area (Å²) < 4.78 is 5.16. The highest BCUT2D eigenvalue weighted by atomic mass is 16.5. The summed E-state index contributed by atoms with van der Waals surface area (Å²) >= 11 is 0. The van der Waals surface area contributed by atoms with Gasteiger partial charge in [0.25, 0.3) is 5.91 Å². The summed E-state index contributed by atoms with van der Waals surface area (Å²) in [5.41, 5.74) is 9.22. The van der Waals surface area contributed by atoms with Crippen LogP contribution in [-0.2, 0) is 0 Å². The SMILES string of the molecule is COc1cccc(C(=O)Nc2ccc(N3CCC(C)CC3)c(N)c2)c1. The lowest BCUT2D eigenvalue weighted by Crippen LogP contribution is -2.33. The minimum Gasteiger partial charge on any atom is -0.497 e. The van der Waals surface area contributed by atoms with Crippen LogP contribution in [0.5, 0.6) is 5.75 Å². The van der Waals surface area contributed by atoms with E-state index in [-0.39, 0.29) is 5.91 Å². The van der Waals surface area contributed by atoms with Gasteiger partial charge < -0.3 is 20.7 Å². The zero-order valence-electron chi connectivity index (χ0n) is 14.8. The van der Waals surface area contributed by atoms with Crippen molar-refractivity contribution in [1.29, 1.82) is 0 Å². The molecule has 2 aromatic rings. The number of carbonyl (C=O) groups excluding carboxylic acids is 1. The zero-order chi connectivity index (χ0) is 17.8. The molecule has 1 fully saturated rings. The van der Waals surface area contributed by atoms with Crippen LogP contribution in [0.15, 0.2) is 42.5 Å². The third-order valence-corrected chi connectivity index (χ3v) is 4.74. The highest BCUT2D eigenvalue weighted by Crippen LogP contribution is 2.30. The summed E-state index contributed by atoms with van der Waals surface area (Å²) in [4.78, 5) is 14.7. The van der Waals surface area contributed by atoms with Gasteiger partial charge in [-0.05, 0) is 55.2 Å². The molecule has 1 saturated heterocycles. The van der Waals surface area contributed by atoms with E-state index in [1.54, 1.807) is 25.3 Å². The van der Waals surface area contributed by atoms with Crippen LogP contribution in [-0.4, -0.2) is 26.1 Å². The summed E-state index contributed by atoms with van der Waals surface area (Å²) in [6.45, 7) is 4.35. The molecule has 1 heterocycles. The molecule has 1 aliphatic rings. The first-order chi connectivity index (χ1) is 12.1. The number of nitrogens with one attached hydrogen (secondary N) is 1. The van der Waals surface area contributed by atoms with Gasteiger partial charge in [0.15, 0.2) is 0 Å². The molecule has 25 heavy (non-hydrogen) atoms. The Morgan fingerprint density at radius 1 is 1.20 bits per heavy atom. The molecular formula is C20H25N3O2. The van der Waals surface area contributed by atoms with Crippen LogP contribution in [0.1, 0.15) is 30.1 Å². The molecule has 0 saturated carbocycles. The van der Waals surface area contributed by atoms with Gasteiger partial charge in [-0.1, -0.05) is 13.0 Å². The van der Waals surface area contributed by atoms with Gasteiger partial charge in [-0.2, -0.15) is 0 Å². The Bertz CT molecular complexity index is 752. The largest absolute Gasteiger partial charge is 0.497 e. The van der Waals surface area contributed by atoms with Crippen LogP contribution >= 0.6 is 0 Å². The number of benzene rings is 2. The third-order valence-electron chi connectivity index (χ3n) is 4.74. The number of nitrogens with two attached hydrogens (primary N) is 1. The van der Waals surface area contributed by atoms with E-state index in [4.69, 9.17) is 10.5 Å². The molecule has 1 aliphatic heterocycles. The number of rotatable bonds is 4. The van der Waals surface area contributed by atoms with Crippen LogP contribution in [0.3, 0.4) is 0 Å². The molecule has 0 atom stereocenters. The second-order valence-electron chi connectivity index (χ2n) is 6.63. The molecule has 2 aromatic carbocycles. The van der Waals surface area contributed by atoms with Gasteiger partial charge in [0, 0.05) is 24.3 Å². The van der Waals surface area contributed by atoms with E-state index in [1.807, 2.05) is 24.3 Å². The standard InChI is InChI=1S/C20H25N3O2/c1-14-8-10-23(11-9-14)19-7-6-16(13-18(19)21)22-20(24)15-4-3-5-17(12-15)25-2/h3-7,12-14H,8-11,21H2,1-2H3,(H,22,24). The smallest absolute Gasteiger partial charge is 0.255 e. The van der Waals surface area contributed by atoms with Crippen LogP contribution in [0.2, 0.25) is 0 Å². The van der Waals surface area contributed by atoms with Gasteiger partial charge in [0.1, 0.15) is 5.75 Å². The van der Waals surface area contributed by atoms with E-state index in [0.29, 0.717) is 22.7 Å². The van der Waals surface area contributed by atoms with Crippen molar-refractivity contribution in [1.82, 2.24) is 0 Å². The minimum atomic E-state index is -0.183. The van der Waals surface area contributed by atoms with Gasteiger partial charge in [0.05, 0.1) is 18.5 Å². The number of nitrogens with zero attached hydrogens (tertiary/aromatic N) is 1. The highest BCUT2D eigenvalue weighted by Gasteiger charge is 2.18. The number of methoxy groups -OCH3 is 1. The summed E-state index contributed by atoms with van der Waals surface area (Å²) in [6, 6.07) is 12.8. The van der Waals surface area contributed by atoms with Crippen molar-refractivity contribution in [3.8, 4) is 5.75 Å². The van der Waals surface area contributed by atoms with Crippen LogP contribution < -0.4 is 20.7 Å². The van der Waals surface area contributed by atoms with Crippen LogP contribution in [0, 0.1) is 5.92 Å². The second kappa shape index (κ2) is 7.47. The highest BCUT2D eigenvalue weighted by molar-refractivity contribution is 6.04. The Labute approximate surface area is 148 Å². The van der Waals surface area contributed by atoms with Crippen molar-refractivity contribution in [2.24, 2.45) is 5.92 Å². The average molecular weight is 339 g/mol. The number of amides is 1. The predicted octanol–water partition coefficient (Wildman–Crippen LogP) is 3.77. The average Bonchev–Trinajstić information content (AvgIpc) is 2.63. The summed E-state index contributed by atoms with van der Waals surface area (Å²) in [5, 5.41) is 2.89. The predicted molar refractivity (Wildman–Crippen MR) is 102 cm³/mol. The summed E-state index contributed by atoms with van der Waals surface area (Å²) in [7, 11) is 1.58. The lowest BCUT2D eigenvalue weighted by molar-refractivity contribution is 0.102. The second-order valence-corrected chi connectivity index (χ2v) is 6.63. The molecular weight excluding hydrogens is 314 g/mol. The number of ether oxygens (including phenoxy) is 1. The minimum absolute atomic E-state index is 0.183. The number of piperidine rings is 1. The van der Waals surface area contributed by atoms with Crippen LogP contribution in [0.4, 0.5) is 17.1 Å². The van der Waals surface area contributed by atoms with E-state index >= 15 is 0 Å². The fraction of sp³-hybridized carbons (Fsp3) is 0.350. The number of hydrogen-bond acceptors (Lipinski definition) is 4. The van der Waals surface area contributed by atoms with Crippen molar-refractivity contribution >= 4 is 23.0 Å². The van der Waals surface area contributed by atoms with Crippen molar-refractivity contribution in [3.63, 3.8) is 0 Å². The van der Waals surface area contributed by atoms with Gasteiger partial charge in [-0.3, -0.25) is 4.79 Å². The van der Waals surface area contributed by atoms with E-state index < -0.39 is 0 Å². The molecule has 0 spiro atoms. The third kappa shape index (κ3) is 4.05. The van der Waals surface area contributed by atoms with E-state index in [0.717, 1.165) is 24.7 Å². The Balaban J connectivity index is 1.71. The van der Waals surface area contributed by atoms with Crippen molar-refractivity contribution in [3.05, 3.63) is 48.0 Å². The number of nitrogen functional groups attached to an aromatic ring is 1. The fourth-order valence-electron chi connectivity index (χ4n) is 3.14. The maximum atomic E-state index is 12.4. The maximum absolute atomic E-state index is 12.4. The number of anilines is 3. The Morgan fingerprint density at radius 3 is 2.64 bits per heavy atom. The normalized spacial score (nSPS) is 15.0. The fourth-order valence-corrected chi connectivity index (χ4v) is 3.14. The molecule has 5 nitrogen and oxygen atoms in total. The summed E-state index contributed by atoms with van der Waals surface area (Å²) in [6.07, 6.45) is 2.38. The Morgan fingerprint density at radius 2 is 1.96 bits per heavy atom. The maximum Gasteiger partial charge on any atom is 0.255 e. The molecule has 0 aliphatic carbocycles. The van der Waals surface area contributed by atoms with E-state index in [1.165, 1.54) is 12.8 Å². The van der Waals surface area contributed by atoms with E-state index in [2.05, 4.69) is 17.1 Å². The molecule has 0 aromatic heterocycles. The first-order valence-electron chi connectivity index (χ1n) is 8.66. The Hall–Kier alpha value is -2.69. The molecule has 1 amide bonds. The van der Waals surface area contributed by atoms with Gasteiger partial charge in [-0.25, -0.2) is 0 Å². The number of hydrogen-bond donors (Lipinski definition) is 2.